The number of carbonyl (C=O) groups excluding carboxylic acids is 2. The zero-order valence-electron chi connectivity index (χ0n) is 12.7. The molecule has 1 atom stereocenters. The highest BCUT2D eigenvalue weighted by Crippen LogP contribution is 2.05. The molecule has 116 valence electrons. The molecular weight excluding hydrogens is 256 g/mol. The van der Waals surface area contributed by atoms with E-state index < -0.39 is 0 Å². The molecule has 6 heteroatoms. The van der Waals surface area contributed by atoms with E-state index in [1.54, 1.807) is 0 Å². The average Bonchev–Trinajstić information content (AvgIpc) is 2.45. The zero-order valence-corrected chi connectivity index (χ0v) is 12.7. The number of amides is 2. The predicted octanol–water partition coefficient (Wildman–Crippen LogP) is -0.216. The van der Waals surface area contributed by atoms with Gasteiger partial charge in [0, 0.05) is 32.7 Å². The van der Waals surface area contributed by atoms with Crippen molar-refractivity contribution in [2.24, 2.45) is 5.73 Å². The Balaban J connectivity index is 2.29. The van der Waals surface area contributed by atoms with Gasteiger partial charge in [-0.1, -0.05) is 20.3 Å². The van der Waals surface area contributed by atoms with Crippen molar-refractivity contribution in [2.75, 3.05) is 39.3 Å². The molecular formula is C14H28N4O2. The number of carbonyl (C=O) groups is 2. The molecule has 1 heterocycles. The number of nitrogens with one attached hydrogen (secondary N) is 1. The monoisotopic (exact) mass is 284 g/mol. The summed E-state index contributed by atoms with van der Waals surface area (Å²) in [6.45, 7) is 8.01. The Kier molecular flexibility index (Phi) is 7.54. The lowest BCUT2D eigenvalue weighted by molar-refractivity contribution is -0.134. The molecule has 0 spiro atoms. The fourth-order valence-electron chi connectivity index (χ4n) is 2.32. The Labute approximate surface area is 121 Å². The first-order chi connectivity index (χ1) is 9.58. The highest BCUT2D eigenvalue weighted by molar-refractivity contribution is 5.81. The van der Waals surface area contributed by atoms with Crippen LogP contribution in [-0.4, -0.2) is 66.9 Å². The molecule has 0 aromatic carbocycles. The van der Waals surface area contributed by atoms with Crippen LogP contribution >= 0.6 is 0 Å². The van der Waals surface area contributed by atoms with Gasteiger partial charge in [-0.25, -0.2) is 0 Å². The molecule has 0 aromatic rings. The number of nitrogens with zero attached hydrogens (tertiary/aromatic N) is 2. The molecule has 1 saturated heterocycles. The molecule has 1 aliphatic rings. The van der Waals surface area contributed by atoms with E-state index in [-0.39, 0.29) is 17.9 Å². The van der Waals surface area contributed by atoms with E-state index in [1.807, 2.05) is 18.7 Å². The molecule has 6 nitrogen and oxygen atoms in total. The van der Waals surface area contributed by atoms with Crippen molar-refractivity contribution in [3.05, 3.63) is 0 Å². The molecule has 0 unspecified atom stereocenters. The molecule has 20 heavy (non-hydrogen) atoms. The van der Waals surface area contributed by atoms with E-state index in [4.69, 9.17) is 5.73 Å². The Hall–Kier alpha value is -1.14. The standard InChI is InChI=1S/C14H28N4O2/c1-3-5-12(15)14(20)18-9-7-17(8-10-18)11-13(19)16-6-4-2/h12H,3-11,15H2,1-2H3,(H,16,19)/t12-/m0/s1. The molecule has 0 aromatic heterocycles. The van der Waals surface area contributed by atoms with Crippen LogP contribution in [0.4, 0.5) is 0 Å². The number of hydrogen-bond acceptors (Lipinski definition) is 4. The van der Waals surface area contributed by atoms with Gasteiger partial charge in [-0.2, -0.15) is 0 Å². The van der Waals surface area contributed by atoms with Gasteiger partial charge in [-0.3, -0.25) is 14.5 Å². The zero-order chi connectivity index (χ0) is 15.0. The fraction of sp³-hybridized carbons (Fsp3) is 0.857. The van der Waals surface area contributed by atoms with E-state index in [2.05, 4.69) is 10.2 Å². The van der Waals surface area contributed by atoms with Crippen LogP contribution in [0.25, 0.3) is 0 Å². The second-order valence-corrected chi connectivity index (χ2v) is 5.35. The van der Waals surface area contributed by atoms with Crippen molar-refractivity contribution in [2.45, 2.75) is 39.2 Å². The average molecular weight is 284 g/mol. The molecule has 2 amide bonds. The van der Waals surface area contributed by atoms with Crippen LogP contribution in [0.1, 0.15) is 33.1 Å². The predicted molar refractivity (Wildman–Crippen MR) is 79.2 cm³/mol. The molecule has 0 bridgehead atoms. The van der Waals surface area contributed by atoms with Gasteiger partial charge in [0.25, 0.3) is 0 Å². The smallest absolute Gasteiger partial charge is 0.239 e. The first-order valence-electron chi connectivity index (χ1n) is 7.61. The lowest BCUT2D eigenvalue weighted by Crippen LogP contribution is -2.54. The summed E-state index contributed by atoms with van der Waals surface area (Å²) in [6, 6.07) is -0.376. The second kappa shape index (κ2) is 8.92. The largest absolute Gasteiger partial charge is 0.355 e. The van der Waals surface area contributed by atoms with Crippen molar-refractivity contribution < 1.29 is 9.59 Å². The van der Waals surface area contributed by atoms with E-state index in [0.717, 1.165) is 38.9 Å². The van der Waals surface area contributed by atoms with E-state index in [0.29, 0.717) is 19.6 Å². The minimum atomic E-state index is -0.376. The van der Waals surface area contributed by atoms with Gasteiger partial charge < -0.3 is 16.0 Å². The molecule has 0 saturated carbocycles. The SMILES string of the molecule is CCCNC(=O)CN1CCN(C(=O)[C@@H](N)CCC)CC1. The first-order valence-corrected chi connectivity index (χ1v) is 7.61. The highest BCUT2D eigenvalue weighted by Gasteiger charge is 2.25. The van der Waals surface area contributed by atoms with Gasteiger partial charge in [0.2, 0.25) is 11.8 Å². The van der Waals surface area contributed by atoms with Gasteiger partial charge in [-0.05, 0) is 12.8 Å². The van der Waals surface area contributed by atoms with Crippen LogP contribution in [0.15, 0.2) is 0 Å². The van der Waals surface area contributed by atoms with E-state index in [9.17, 15) is 9.59 Å². The maximum absolute atomic E-state index is 12.1. The van der Waals surface area contributed by atoms with Crippen LogP contribution in [-0.2, 0) is 9.59 Å². The van der Waals surface area contributed by atoms with E-state index in [1.165, 1.54) is 0 Å². The fourth-order valence-corrected chi connectivity index (χ4v) is 2.32. The van der Waals surface area contributed by atoms with Crippen LogP contribution in [0.5, 0.6) is 0 Å². The van der Waals surface area contributed by atoms with Crippen molar-refractivity contribution >= 4 is 11.8 Å². The Morgan fingerprint density at radius 3 is 2.35 bits per heavy atom. The van der Waals surface area contributed by atoms with Crippen molar-refractivity contribution in [1.29, 1.82) is 0 Å². The molecule has 0 aliphatic carbocycles. The summed E-state index contributed by atoms with van der Waals surface area (Å²) in [5.74, 6) is 0.108. The molecule has 3 N–H and O–H groups in total. The molecule has 1 rings (SSSR count). The summed E-state index contributed by atoms with van der Waals surface area (Å²) in [4.78, 5) is 27.6. The third-order valence-corrected chi connectivity index (χ3v) is 3.54. The number of nitrogens with two attached hydrogens (primary N) is 1. The minimum Gasteiger partial charge on any atom is -0.355 e. The summed E-state index contributed by atoms with van der Waals surface area (Å²) in [5, 5.41) is 2.87. The van der Waals surface area contributed by atoms with Gasteiger partial charge >= 0.3 is 0 Å². The van der Waals surface area contributed by atoms with Crippen molar-refractivity contribution in [3.8, 4) is 0 Å². The molecule has 1 fully saturated rings. The first kappa shape index (κ1) is 16.9. The van der Waals surface area contributed by atoms with Gasteiger partial charge in [0.05, 0.1) is 12.6 Å². The second-order valence-electron chi connectivity index (χ2n) is 5.35. The van der Waals surface area contributed by atoms with Crippen LogP contribution in [0.2, 0.25) is 0 Å². The minimum absolute atomic E-state index is 0.0435. The summed E-state index contributed by atoms with van der Waals surface area (Å²) in [6.07, 6.45) is 2.60. The van der Waals surface area contributed by atoms with Crippen LogP contribution < -0.4 is 11.1 Å². The highest BCUT2D eigenvalue weighted by atomic mass is 16.2. The summed E-state index contributed by atoms with van der Waals surface area (Å²) in [5.41, 5.74) is 5.86. The topological polar surface area (TPSA) is 78.7 Å². The third kappa shape index (κ3) is 5.46. The Morgan fingerprint density at radius 2 is 1.80 bits per heavy atom. The van der Waals surface area contributed by atoms with Gasteiger partial charge in [0.15, 0.2) is 0 Å². The summed E-state index contributed by atoms with van der Waals surface area (Å²) in [7, 11) is 0. The van der Waals surface area contributed by atoms with Crippen molar-refractivity contribution in [1.82, 2.24) is 15.1 Å². The van der Waals surface area contributed by atoms with Gasteiger partial charge in [-0.15, -0.1) is 0 Å². The quantitative estimate of drug-likeness (QED) is 0.678. The number of rotatable bonds is 7. The molecule has 0 radical (unpaired) electrons. The van der Waals surface area contributed by atoms with E-state index >= 15 is 0 Å². The third-order valence-electron chi connectivity index (χ3n) is 3.54. The Bertz CT molecular complexity index is 314. The number of piperazine rings is 1. The lowest BCUT2D eigenvalue weighted by atomic mass is 10.1. The summed E-state index contributed by atoms with van der Waals surface area (Å²) < 4.78 is 0. The van der Waals surface area contributed by atoms with Crippen LogP contribution in [0.3, 0.4) is 0 Å². The Morgan fingerprint density at radius 1 is 1.15 bits per heavy atom. The lowest BCUT2D eigenvalue weighted by Gasteiger charge is -2.35. The maximum Gasteiger partial charge on any atom is 0.239 e. The van der Waals surface area contributed by atoms with Crippen molar-refractivity contribution in [3.63, 3.8) is 0 Å². The normalized spacial score (nSPS) is 17.9. The van der Waals surface area contributed by atoms with Crippen LogP contribution in [0, 0.1) is 0 Å². The summed E-state index contributed by atoms with van der Waals surface area (Å²) >= 11 is 0. The molecule has 1 aliphatic heterocycles. The van der Waals surface area contributed by atoms with Gasteiger partial charge in [0.1, 0.15) is 0 Å². The maximum atomic E-state index is 12.1. The number of hydrogen-bond donors (Lipinski definition) is 2.